The maximum Gasteiger partial charge on any atom is 0.232 e. The van der Waals surface area contributed by atoms with E-state index in [1.807, 2.05) is 53.1 Å². The maximum absolute atomic E-state index is 12.8. The predicted octanol–water partition coefficient (Wildman–Crippen LogP) is 4.23. The molecule has 7 heteroatoms. The van der Waals surface area contributed by atoms with Gasteiger partial charge in [0.1, 0.15) is 0 Å². The molecule has 4 rings (SSSR count). The van der Waals surface area contributed by atoms with Crippen LogP contribution in [0.25, 0.3) is 21.3 Å². The van der Waals surface area contributed by atoms with Gasteiger partial charge in [0.25, 0.3) is 0 Å². The highest BCUT2D eigenvalue weighted by Gasteiger charge is 2.49. The van der Waals surface area contributed by atoms with E-state index in [1.165, 1.54) is 11.3 Å². The summed E-state index contributed by atoms with van der Waals surface area (Å²) in [5, 5.41) is 9.08. The zero-order valence-corrected chi connectivity index (χ0v) is 17.1. The van der Waals surface area contributed by atoms with Crippen LogP contribution in [0, 0.1) is 5.92 Å². The smallest absolute Gasteiger partial charge is 0.232 e. The number of carbonyl (C=O) groups is 1. The summed E-state index contributed by atoms with van der Waals surface area (Å²) in [6.07, 6.45) is 4.49. The Balaban J connectivity index is 1.53. The van der Waals surface area contributed by atoms with Crippen molar-refractivity contribution in [2.45, 2.75) is 45.3 Å². The van der Waals surface area contributed by atoms with Crippen molar-refractivity contribution < 1.29 is 9.53 Å². The Bertz CT molecular complexity index is 1020. The molecule has 1 aliphatic rings. The lowest BCUT2D eigenvalue weighted by atomic mass is 9.87. The summed E-state index contributed by atoms with van der Waals surface area (Å²) in [6.45, 7) is 8.00. The minimum absolute atomic E-state index is 0.0332. The van der Waals surface area contributed by atoms with Gasteiger partial charge in [0.2, 0.25) is 5.91 Å². The van der Waals surface area contributed by atoms with Crippen LogP contribution in [0.4, 0.5) is 5.13 Å². The third-order valence-corrected chi connectivity index (χ3v) is 5.99. The molecule has 0 spiro atoms. The quantitative estimate of drug-likeness (QED) is 0.734. The molecule has 0 aliphatic carbocycles. The van der Waals surface area contributed by atoms with Gasteiger partial charge in [0, 0.05) is 24.8 Å². The third-order valence-electron chi connectivity index (χ3n) is 5.03. The summed E-state index contributed by atoms with van der Waals surface area (Å²) in [5.74, 6) is -0.235. The first-order chi connectivity index (χ1) is 12.6. The molecule has 1 saturated heterocycles. The van der Waals surface area contributed by atoms with Gasteiger partial charge in [0.05, 0.1) is 27.5 Å². The molecule has 3 heterocycles. The molecule has 1 fully saturated rings. The van der Waals surface area contributed by atoms with E-state index in [0.717, 1.165) is 21.3 Å². The summed E-state index contributed by atoms with van der Waals surface area (Å²) in [4.78, 5) is 18.2. The van der Waals surface area contributed by atoms with Crippen molar-refractivity contribution in [1.29, 1.82) is 0 Å². The van der Waals surface area contributed by atoms with E-state index in [4.69, 9.17) is 4.74 Å². The summed E-state index contributed by atoms with van der Waals surface area (Å²) in [5.41, 5.74) is 1.25. The average Bonchev–Trinajstić information content (AvgIpc) is 3.21. The number of rotatable bonds is 3. The van der Waals surface area contributed by atoms with Gasteiger partial charge in [-0.15, -0.1) is 0 Å². The Morgan fingerprint density at radius 2 is 2.11 bits per heavy atom. The average molecular weight is 385 g/mol. The number of thiazole rings is 1. The zero-order chi connectivity index (χ0) is 19.4. The second kappa shape index (κ2) is 6.14. The second-order valence-electron chi connectivity index (χ2n) is 8.32. The minimum Gasteiger partial charge on any atom is -0.369 e. The van der Waals surface area contributed by atoms with Gasteiger partial charge in [-0.25, -0.2) is 4.98 Å². The van der Waals surface area contributed by atoms with Crippen LogP contribution >= 0.6 is 11.3 Å². The molecule has 1 N–H and O–H groups in total. The van der Waals surface area contributed by atoms with E-state index in [9.17, 15) is 4.79 Å². The molecule has 0 bridgehead atoms. The molecule has 3 aromatic rings. The molecule has 1 aliphatic heterocycles. The monoisotopic (exact) mass is 384 g/mol. The molecule has 2 aromatic heterocycles. The molecule has 27 heavy (non-hydrogen) atoms. The molecule has 142 valence electrons. The Labute approximate surface area is 162 Å². The number of ether oxygens (including phenoxy) is 1. The van der Waals surface area contributed by atoms with Crippen molar-refractivity contribution in [2.24, 2.45) is 13.0 Å². The Hall–Kier alpha value is -2.25. The van der Waals surface area contributed by atoms with Gasteiger partial charge < -0.3 is 10.1 Å². The molecule has 0 radical (unpaired) electrons. The normalized spacial score (nSPS) is 20.9. The Morgan fingerprint density at radius 1 is 1.33 bits per heavy atom. The van der Waals surface area contributed by atoms with E-state index in [-0.39, 0.29) is 17.4 Å². The van der Waals surface area contributed by atoms with Crippen LogP contribution in [0.15, 0.2) is 30.6 Å². The van der Waals surface area contributed by atoms with E-state index in [2.05, 4.69) is 21.5 Å². The molecule has 0 saturated carbocycles. The number of carbonyl (C=O) groups excluding carboxylic acids is 1. The summed E-state index contributed by atoms with van der Waals surface area (Å²) >= 11 is 1.48. The molecular weight excluding hydrogens is 360 g/mol. The first-order valence-electron chi connectivity index (χ1n) is 9.04. The van der Waals surface area contributed by atoms with E-state index in [1.54, 1.807) is 10.9 Å². The van der Waals surface area contributed by atoms with Crippen molar-refractivity contribution >= 4 is 33.3 Å². The number of nitrogens with zero attached hydrogens (tertiary/aromatic N) is 3. The van der Waals surface area contributed by atoms with Crippen LogP contribution in [0.3, 0.4) is 0 Å². The van der Waals surface area contributed by atoms with E-state index in [0.29, 0.717) is 11.6 Å². The summed E-state index contributed by atoms with van der Waals surface area (Å²) in [6, 6.07) is 6.13. The van der Waals surface area contributed by atoms with Crippen molar-refractivity contribution in [3.05, 3.63) is 30.6 Å². The van der Waals surface area contributed by atoms with Crippen LogP contribution in [-0.4, -0.2) is 31.9 Å². The maximum atomic E-state index is 12.8. The number of benzene rings is 1. The van der Waals surface area contributed by atoms with Crippen LogP contribution < -0.4 is 5.32 Å². The zero-order valence-electron chi connectivity index (χ0n) is 16.2. The van der Waals surface area contributed by atoms with Gasteiger partial charge in [-0.2, -0.15) is 5.10 Å². The lowest BCUT2D eigenvalue weighted by molar-refractivity contribution is -0.126. The minimum atomic E-state index is -0.487. The van der Waals surface area contributed by atoms with Crippen LogP contribution in [0.5, 0.6) is 0 Å². The first kappa shape index (κ1) is 18.1. The fourth-order valence-corrected chi connectivity index (χ4v) is 4.75. The second-order valence-corrected chi connectivity index (χ2v) is 9.35. The molecule has 1 aromatic carbocycles. The lowest BCUT2D eigenvalue weighted by Crippen LogP contribution is -2.36. The molecule has 1 atom stereocenters. The van der Waals surface area contributed by atoms with E-state index < -0.39 is 5.60 Å². The number of fused-ring (bicyclic) bond motifs is 1. The number of anilines is 1. The van der Waals surface area contributed by atoms with E-state index >= 15 is 0 Å². The highest BCUT2D eigenvalue weighted by Crippen LogP contribution is 2.42. The number of amides is 1. The van der Waals surface area contributed by atoms with Crippen LogP contribution in [0.2, 0.25) is 0 Å². The summed E-state index contributed by atoms with van der Waals surface area (Å²) in [7, 11) is 1.91. The molecule has 1 unspecified atom stereocenters. The number of hydrogen-bond donors (Lipinski definition) is 1. The van der Waals surface area contributed by atoms with Crippen molar-refractivity contribution in [2.75, 3.05) is 5.32 Å². The number of nitrogens with one attached hydrogen (secondary N) is 1. The Morgan fingerprint density at radius 3 is 2.81 bits per heavy atom. The fourth-order valence-electron chi connectivity index (χ4n) is 3.93. The number of hydrogen-bond acceptors (Lipinski definition) is 5. The highest BCUT2D eigenvalue weighted by molar-refractivity contribution is 7.19. The molecule has 1 amide bonds. The van der Waals surface area contributed by atoms with Crippen LogP contribution in [-0.2, 0) is 16.6 Å². The van der Waals surface area contributed by atoms with Gasteiger partial charge in [-0.05, 0) is 51.8 Å². The van der Waals surface area contributed by atoms with Gasteiger partial charge in [0.15, 0.2) is 5.13 Å². The number of aromatic nitrogens is 3. The van der Waals surface area contributed by atoms with Crippen molar-refractivity contribution in [3.63, 3.8) is 0 Å². The Kier molecular flexibility index (Phi) is 4.12. The van der Waals surface area contributed by atoms with Gasteiger partial charge in [-0.1, -0.05) is 17.4 Å². The summed E-state index contributed by atoms with van der Waals surface area (Å²) < 4.78 is 7.84. The topological polar surface area (TPSA) is 69.0 Å². The van der Waals surface area contributed by atoms with Crippen molar-refractivity contribution in [3.8, 4) is 10.4 Å². The molecule has 6 nitrogen and oxygen atoms in total. The standard InChI is InChI=1S/C20H24N4O2S/c1-19(2)9-14(20(3,4)26-19)17(25)22-18-21-10-16(27-18)12-6-7-15-13(8-12)11-24(5)23-15/h6-8,10-11,14H,9H2,1-5H3,(H,21,22,25). The highest BCUT2D eigenvalue weighted by atomic mass is 32.1. The lowest BCUT2D eigenvalue weighted by Gasteiger charge is -2.26. The third kappa shape index (κ3) is 3.49. The fraction of sp³-hybridized carbons (Fsp3) is 0.450. The SMILES string of the molecule is Cn1cc2cc(-c3cnc(NC(=O)C4CC(C)(C)OC4(C)C)s3)ccc2n1. The van der Waals surface area contributed by atoms with Crippen molar-refractivity contribution in [1.82, 2.24) is 14.8 Å². The number of aryl methyl sites for hydroxylation is 1. The van der Waals surface area contributed by atoms with Gasteiger partial charge in [-0.3, -0.25) is 9.48 Å². The first-order valence-corrected chi connectivity index (χ1v) is 9.85. The van der Waals surface area contributed by atoms with Crippen LogP contribution in [0.1, 0.15) is 34.1 Å². The molecular formula is C20H24N4O2S. The predicted molar refractivity (Wildman–Crippen MR) is 108 cm³/mol. The van der Waals surface area contributed by atoms with Gasteiger partial charge >= 0.3 is 0 Å². The largest absolute Gasteiger partial charge is 0.369 e.